The number of aryl methyl sites for hydroxylation is 3. The Morgan fingerprint density at radius 1 is 1.00 bits per heavy atom. The van der Waals surface area contributed by atoms with Crippen molar-refractivity contribution in [3.05, 3.63) is 69.8 Å². The van der Waals surface area contributed by atoms with E-state index in [0.29, 0.717) is 17.7 Å². The fourth-order valence-corrected chi connectivity index (χ4v) is 3.61. The molecule has 2 aromatic carbocycles. The Balaban J connectivity index is 2.05. The Hall–Kier alpha value is -2.14. The number of carbonyl (C=O) groups is 1. The molecular formula is C19H23NO3S. The summed E-state index contributed by atoms with van der Waals surface area (Å²) < 4.78 is 22.6. The van der Waals surface area contributed by atoms with Crippen LogP contribution < -0.4 is 5.32 Å². The van der Waals surface area contributed by atoms with Crippen molar-refractivity contribution < 1.29 is 13.2 Å². The Bertz CT molecular complexity index is 830. The summed E-state index contributed by atoms with van der Waals surface area (Å²) in [5.74, 6) is -0.184. The van der Waals surface area contributed by atoms with Crippen molar-refractivity contribution >= 4 is 15.7 Å². The SMILES string of the molecule is Cc1cc(C)c(CNC(=O)c2ccc(CS(C)(=O)=O)cc2)c(C)c1. The number of hydrogen-bond acceptors (Lipinski definition) is 3. The third-order valence-corrected chi connectivity index (χ3v) is 4.77. The van der Waals surface area contributed by atoms with E-state index in [2.05, 4.69) is 24.4 Å². The van der Waals surface area contributed by atoms with Crippen LogP contribution in [0.15, 0.2) is 36.4 Å². The van der Waals surface area contributed by atoms with Crippen LogP contribution in [0.2, 0.25) is 0 Å². The Morgan fingerprint density at radius 2 is 1.54 bits per heavy atom. The molecule has 128 valence electrons. The molecule has 0 aliphatic carbocycles. The average molecular weight is 345 g/mol. The lowest BCUT2D eigenvalue weighted by Gasteiger charge is -2.12. The number of carbonyl (C=O) groups excluding carboxylic acids is 1. The predicted octanol–water partition coefficient (Wildman–Crippen LogP) is 3.09. The van der Waals surface area contributed by atoms with Crippen molar-refractivity contribution in [3.8, 4) is 0 Å². The van der Waals surface area contributed by atoms with Crippen LogP contribution >= 0.6 is 0 Å². The normalized spacial score (nSPS) is 11.3. The minimum atomic E-state index is -3.07. The molecule has 4 nitrogen and oxygen atoms in total. The standard InChI is InChI=1S/C19H23NO3S/c1-13-9-14(2)18(15(3)10-13)11-20-19(21)17-7-5-16(6-8-17)12-24(4,22)23/h5-10H,11-12H2,1-4H3,(H,20,21). The number of sulfone groups is 1. The van der Waals surface area contributed by atoms with Gasteiger partial charge in [0.15, 0.2) is 9.84 Å². The summed E-state index contributed by atoms with van der Waals surface area (Å²) in [6.45, 7) is 6.62. The molecule has 24 heavy (non-hydrogen) atoms. The summed E-state index contributed by atoms with van der Waals surface area (Å²) in [6, 6.07) is 10.9. The van der Waals surface area contributed by atoms with E-state index in [1.54, 1.807) is 24.3 Å². The number of rotatable bonds is 5. The van der Waals surface area contributed by atoms with Crippen molar-refractivity contribution in [2.75, 3.05) is 6.26 Å². The number of amides is 1. The molecule has 0 atom stereocenters. The molecule has 0 bridgehead atoms. The van der Waals surface area contributed by atoms with Crippen molar-refractivity contribution in [2.45, 2.75) is 33.1 Å². The zero-order valence-corrected chi connectivity index (χ0v) is 15.3. The zero-order chi connectivity index (χ0) is 17.9. The first-order valence-corrected chi connectivity index (χ1v) is 9.83. The molecule has 0 spiro atoms. The van der Waals surface area contributed by atoms with Gasteiger partial charge in [-0.2, -0.15) is 0 Å². The van der Waals surface area contributed by atoms with Crippen LogP contribution in [0, 0.1) is 20.8 Å². The van der Waals surface area contributed by atoms with Gasteiger partial charge in [0, 0.05) is 18.4 Å². The van der Waals surface area contributed by atoms with E-state index in [-0.39, 0.29) is 11.7 Å². The van der Waals surface area contributed by atoms with Crippen LogP contribution in [-0.2, 0) is 22.1 Å². The van der Waals surface area contributed by atoms with Gasteiger partial charge in [-0.25, -0.2) is 8.42 Å². The summed E-state index contributed by atoms with van der Waals surface area (Å²) in [7, 11) is -3.07. The van der Waals surface area contributed by atoms with Gasteiger partial charge in [0.25, 0.3) is 5.91 Å². The van der Waals surface area contributed by atoms with Gasteiger partial charge in [-0.3, -0.25) is 4.79 Å². The average Bonchev–Trinajstić information content (AvgIpc) is 2.45. The topological polar surface area (TPSA) is 63.2 Å². The molecule has 0 saturated heterocycles. The quantitative estimate of drug-likeness (QED) is 0.906. The number of benzene rings is 2. The van der Waals surface area contributed by atoms with Crippen molar-refractivity contribution in [3.63, 3.8) is 0 Å². The smallest absolute Gasteiger partial charge is 0.251 e. The third kappa shape index (κ3) is 4.93. The molecule has 0 fully saturated rings. The Morgan fingerprint density at radius 3 is 2.04 bits per heavy atom. The molecule has 1 N–H and O–H groups in total. The highest BCUT2D eigenvalue weighted by Gasteiger charge is 2.10. The Labute approximate surface area is 143 Å². The largest absolute Gasteiger partial charge is 0.348 e. The van der Waals surface area contributed by atoms with Gasteiger partial charge < -0.3 is 5.32 Å². The summed E-state index contributed by atoms with van der Waals surface area (Å²) in [5.41, 5.74) is 5.87. The minimum Gasteiger partial charge on any atom is -0.348 e. The molecule has 0 unspecified atom stereocenters. The first kappa shape index (κ1) is 18.2. The number of hydrogen-bond donors (Lipinski definition) is 1. The predicted molar refractivity (Wildman–Crippen MR) is 96.8 cm³/mol. The third-order valence-electron chi connectivity index (χ3n) is 3.91. The fourth-order valence-electron chi connectivity index (χ4n) is 2.81. The van der Waals surface area contributed by atoms with Crippen LogP contribution in [0.4, 0.5) is 0 Å². The van der Waals surface area contributed by atoms with Crippen LogP contribution in [0.5, 0.6) is 0 Å². The monoisotopic (exact) mass is 345 g/mol. The van der Waals surface area contributed by atoms with Crippen molar-refractivity contribution in [1.29, 1.82) is 0 Å². The summed E-state index contributed by atoms with van der Waals surface area (Å²) in [4.78, 5) is 12.3. The van der Waals surface area contributed by atoms with Crippen molar-refractivity contribution in [1.82, 2.24) is 5.32 Å². The van der Waals surface area contributed by atoms with E-state index in [1.807, 2.05) is 13.8 Å². The van der Waals surface area contributed by atoms with Crippen LogP contribution in [0.25, 0.3) is 0 Å². The first-order chi connectivity index (χ1) is 11.2. The highest BCUT2D eigenvalue weighted by atomic mass is 32.2. The molecule has 2 rings (SSSR count). The van der Waals surface area contributed by atoms with E-state index in [1.165, 1.54) is 11.8 Å². The number of nitrogens with one attached hydrogen (secondary N) is 1. The van der Waals surface area contributed by atoms with Crippen LogP contribution in [0.3, 0.4) is 0 Å². The van der Waals surface area contributed by atoms with Gasteiger partial charge in [0.1, 0.15) is 0 Å². The van der Waals surface area contributed by atoms with Gasteiger partial charge in [0.2, 0.25) is 0 Å². The van der Waals surface area contributed by atoms with Crippen molar-refractivity contribution in [2.24, 2.45) is 0 Å². The van der Waals surface area contributed by atoms with Gasteiger partial charge >= 0.3 is 0 Å². The summed E-state index contributed by atoms with van der Waals surface area (Å²) in [5, 5.41) is 2.93. The molecule has 5 heteroatoms. The van der Waals surface area contributed by atoms with Crippen LogP contribution in [0.1, 0.15) is 38.2 Å². The Kier molecular flexibility index (Phi) is 5.44. The second kappa shape index (κ2) is 7.18. The molecule has 1 amide bonds. The van der Waals surface area contributed by atoms with Gasteiger partial charge in [-0.05, 0) is 55.2 Å². The summed E-state index contributed by atoms with van der Waals surface area (Å²) >= 11 is 0. The fraction of sp³-hybridized carbons (Fsp3) is 0.316. The maximum Gasteiger partial charge on any atom is 0.251 e. The lowest BCUT2D eigenvalue weighted by atomic mass is 10.00. The summed E-state index contributed by atoms with van der Waals surface area (Å²) in [6.07, 6.45) is 1.19. The first-order valence-electron chi connectivity index (χ1n) is 7.77. The molecule has 0 heterocycles. The lowest BCUT2D eigenvalue weighted by molar-refractivity contribution is 0.0951. The second-order valence-electron chi connectivity index (χ2n) is 6.33. The van der Waals surface area contributed by atoms with E-state index in [9.17, 15) is 13.2 Å². The van der Waals surface area contributed by atoms with Gasteiger partial charge in [0.05, 0.1) is 5.75 Å². The maximum absolute atomic E-state index is 12.3. The van der Waals surface area contributed by atoms with E-state index < -0.39 is 9.84 Å². The second-order valence-corrected chi connectivity index (χ2v) is 8.47. The lowest BCUT2D eigenvalue weighted by Crippen LogP contribution is -2.23. The van der Waals surface area contributed by atoms with E-state index in [4.69, 9.17) is 0 Å². The molecule has 0 aromatic heterocycles. The van der Waals surface area contributed by atoms with Gasteiger partial charge in [-0.1, -0.05) is 29.8 Å². The molecular weight excluding hydrogens is 322 g/mol. The molecule has 0 aliphatic rings. The molecule has 0 radical (unpaired) electrons. The molecule has 2 aromatic rings. The maximum atomic E-state index is 12.3. The minimum absolute atomic E-state index is 0.0172. The van der Waals surface area contributed by atoms with E-state index >= 15 is 0 Å². The highest BCUT2D eigenvalue weighted by Crippen LogP contribution is 2.16. The van der Waals surface area contributed by atoms with Gasteiger partial charge in [-0.15, -0.1) is 0 Å². The van der Waals surface area contributed by atoms with E-state index in [0.717, 1.165) is 16.7 Å². The van der Waals surface area contributed by atoms with Crippen LogP contribution in [-0.4, -0.2) is 20.6 Å². The highest BCUT2D eigenvalue weighted by molar-refractivity contribution is 7.89. The molecule has 0 aliphatic heterocycles. The molecule has 0 saturated carbocycles. The zero-order valence-electron chi connectivity index (χ0n) is 14.5.